The van der Waals surface area contributed by atoms with Crippen LogP contribution in [0.15, 0.2) is 102 Å². The second-order valence-corrected chi connectivity index (χ2v) is 17.3. The van der Waals surface area contributed by atoms with Gasteiger partial charge in [0.15, 0.2) is 6.29 Å². The zero-order chi connectivity index (χ0) is 38.2. The first-order valence-corrected chi connectivity index (χ1v) is 20.7. The Morgan fingerprint density at radius 3 is 2.27 bits per heavy atom. The zero-order valence-corrected chi connectivity index (χ0v) is 32.3. The number of benzene rings is 4. The van der Waals surface area contributed by atoms with Crippen molar-refractivity contribution in [2.24, 2.45) is 23.7 Å². The van der Waals surface area contributed by atoms with E-state index in [9.17, 15) is 15.0 Å². The van der Waals surface area contributed by atoms with Crippen molar-refractivity contribution in [3.8, 4) is 22.6 Å². The Kier molecular flexibility index (Phi) is 10.3. The van der Waals surface area contributed by atoms with Crippen molar-refractivity contribution in [3.63, 3.8) is 0 Å². The molecule has 1 saturated heterocycles. The SMILES string of the molecule is C[C@H]1[C@@H](CSc2nnnn2-c2ccc(O)cc2)O[C@@H](c2cccc(-c3cccc(CNC(=O)NC45CC6CC(CC(C6)C4)C5)c3)c2)O[C@H]1c1ccc(CO)cc1. The van der Waals surface area contributed by atoms with E-state index in [2.05, 4.69) is 63.4 Å². The predicted octanol–water partition coefficient (Wildman–Crippen LogP) is 7.88. The van der Waals surface area contributed by atoms with E-state index >= 15 is 0 Å². The largest absolute Gasteiger partial charge is 0.508 e. The normalized spacial score (nSPS) is 27.9. The van der Waals surface area contributed by atoms with Gasteiger partial charge in [0, 0.05) is 29.3 Å². The summed E-state index contributed by atoms with van der Waals surface area (Å²) in [6, 6.07) is 31.2. The van der Waals surface area contributed by atoms with E-state index in [0.29, 0.717) is 17.5 Å². The molecule has 4 aliphatic carbocycles. The van der Waals surface area contributed by atoms with Gasteiger partial charge in [0.05, 0.1) is 24.5 Å². The summed E-state index contributed by atoms with van der Waals surface area (Å²) in [4.78, 5) is 13.2. The quantitative estimate of drug-likeness (QED) is 0.0987. The lowest BCUT2D eigenvalue weighted by Gasteiger charge is -2.56. The first-order valence-electron chi connectivity index (χ1n) is 19.8. The second kappa shape index (κ2) is 15.7. The van der Waals surface area contributed by atoms with Gasteiger partial charge < -0.3 is 30.3 Å². The zero-order valence-electron chi connectivity index (χ0n) is 31.5. The van der Waals surface area contributed by atoms with Crippen LogP contribution in [-0.4, -0.2) is 53.8 Å². The average Bonchev–Trinajstić information content (AvgIpc) is 3.68. The van der Waals surface area contributed by atoms with Gasteiger partial charge in [0.1, 0.15) is 5.75 Å². The number of hydrogen-bond acceptors (Lipinski definition) is 9. The monoisotopic (exact) mass is 772 g/mol. The van der Waals surface area contributed by atoms with Crippen LogP contribution in [0, 0.1) is 23.7 Å². The molecule has 0 spiro atoms. The van der Waals surface area contributed by atoms with Crippen molar-refractivity contribution >= 4 is 17.8 Å². The fraction of sp³-hybridized carbons (Fsp3) is 0.409. The third-order valence-electron chi connectivity index (χ3n) is 12.3. The van der Waals surface area contributed by atoms with Crippen LogP contribution >= 0.6 is 11.8 Å². The molecule has 5 fully saturated rings. The van der Waals surface area contributed by atoms with Gasteiger partial charge in [-0.3, -0.25) is 0 Å². The minimum atomic E-state index is -0.648. The van der Waals surface area contributed by atoms with E-state index in [0.717, 1.165) is 76.1 Å². The number of phenolic OH excluding ortho intramolecular Hbond substituents is 1. The Hall–Kier alpha value is -4.75. The molecule has 5 aromatic rings. The maximum atomic E-state index is 13.2. The lowest BCUT2D eigenvalue weighted by Crippen LogP contribution is -2.61. The molecule has 5 aliphatic rings. The third kappa shape index (κ3) is 7.80. The molecular weight excluding hydrogens is 725 g/mol. The number of aromatic nitrogens is 4. The maximum absolute atomic E-state index is 13.2. The van der Waals surface area contributed by atoms with Crippen LogP contribution in [-0.2, 0) is 22.6 Å². The van der Waals surface area contributed by atoms with E-state index in [1.54, 1.807) is 28.9 Å². The molecule has 1 aliphatic heterocycles. The van der Waals surface area contributed by atoms with Crippen molar-refractivity contribution in [2.75, 3.05) is 5.75 Å². The summed E-state index contributed by atoms with van der Waals surface area (Å²) in [6.45, 7) is 2.56. The predicted molar refractivity (Wildman–Crippen MR) is 213 cm³/mol. The van der Waals surface area contributed by atoms with Crippen molar-refractivity contribution in [1.82, 2.24) is 30.8 Å². The molecule has 10 rings (SSSR count). The Labute approximate surface area is 331 Å². The first-order chi connectivity index (χ1) is 27.3. The van der Waals surface area contributed by atoms with Crippen molar-refractivity contribution in [1.29, 1.82) is 0 Å². The molecule has 11 nitrogen and oxygen atoms in total. The van der Waals surface area contributed by atoms with Crippen LogP contribution < -0.4 is 10.6 Å². The van der Waals surface area contributed by atoms with Crippen molar-refractivity contribution < 1.29 is 24.5 Å². The summed E-state index contributed by atoms with van der Waals surface area (Å²) in [5, 5.41) is 39.1. The number of carbonyl (C=O) groups excluding carboxylic acids is 1. The number of rotatable bonds is 11. The number of carbonyl (C=O) groups is 1. The number of nitrogens with zero attached hydrogens (tertiary/aromatic N) is 4. The van der Waals surface area contributed by atoms with Crippen molar-refractivity contribution in [3.05, 3.63) is 119 Å². The van der Waals surface area contributed by atoms with Gasteiger partial charge in [-0.1, -0.05) is 79.3 Å². The summed E-state index contributed by atoms with van der Waals surface area (Å²) >= 11 is 1.50. The van der Waals surface area contributed by atoms with Crippen LogP contribution in [0.25, 0.3) is 16.8 Å². The number of hydrogen-bond donors (Lipinski definition) is 4. The highest BCUT2D eigenvalue weighted by Crippen LogP contribution is 2.55. The number of urea groups is 1. The van der Waals surface area contributed by atoms with Crippen molar-refractivity contribution in [2.45, 2.75) is 87.8 Å². The van der Waals surface area contributed by atoms with E-state index in [1.165, 1.54) is 31.0 Å². The molecule has 2 amide bonds. The Balaban J connectivity index is 0.908. The number of aliphatic hydroxyl groups excluding tert-OH is 1. The Morgan fingerprint density at radius 1 is 0.857 bits per heavy atom. The average molecular weight is 773 g/mol. The molecule has 56 heavy (non-hydrogen) atoms. The van der Waals surface area contributed by atoms with Crippen LogP contribution in [0.1, 0.15) is 80.1 Å². The number of aromatic hydroxyl groups is 1. The van der Waals surface area contributed by atoms with Gasteiger partial charge in [-0.25, -0.2) is 4.79 Å². The molecule has 4 N–H and O–H groups in total. The number of ether oxygens (including phenoxy) is 2. The number of phenols is 1. The highest BCUT2D eigenvalue weighted by atomic mass is 32.2. The van der Waals surface area contributed by atoms with Crippen LogP contribution in [0.3, 0.4) is 0 Å². The Morgan fingerprint density at radius 2 is 1.55 bits per heavy atom. The standard InChI is InChI=1S/C44H48N6O5S/c1-27-39(26-56-43-47-48-49-50(43)37-12-14-38(52)15-13-37)54-41(55-40(27)33-10-8-28(25-51)9-11-33)36-7-3-6-35(20-36)34-5-2-4-29(19-34)24-45-42(53)46-44-21-30-16-31(22-44)18-32(17-30)23-44/h2-15,19-20,27,30-32,39-41,51-52H,16-18,21-26H2,1H3,(H2,45,46,53)/t27-,30?,31?,32?,39+,40+,41+,44?/m0/s1. The van der Waals surface area contributed by atoms with E-state index in [-0.39, 0.29) is 42.1 Å². The lowest BCUT2D eigenvalue weighted by atomic mass is 9.53. The summed E-state index contributed by atoms with van der Waals surface area (Å²) in [6.07, 6.45) is 6.28. The molecule has 1 aromatic heterocycles. The number of tetrazole rings is 1. The van der Waals surface area contributed by atoms with Crippen LogP contribution in [0.5, 0.6) is 5.75 Å². The molecular formula is C44H48N6O5S. The molecule has 4 bridgehead atoms. The molecule has 4 atom stereocenters. The van der Waals surface area contributed by atoms with Gasteiger partial charge in [0.25, 0.3) is 0 Å². The molecule has 12 heteroatoms. The second-order valence-electron chi connectivity index (χ2n) is 16.4. The summed E-state index contributed by atoms with van der Waals surface area (Å²) in [7, 11) is 0. The molecule has 0 radical (unpaired) electrons. The highest BCUT2D eigenvalue weighted by Gasteiger charge is 2.51. The minimum Gasteiger partial charge on any atom is -0.508 e. The number of aliphatic hydroxyl groups is 1. The fourth-order valence-corrected chi connectivity index (χ4v) is 11.0. The van der Waals surface area contributed by atoms with Gasteiger partial charge in [-0.15, -0.1) is 5.10 Å². The first kappa shape index (κ1) is 36.9. The summed E-state index contributed by atoms with van der Waals surface area (Å²) in [5.41, 5.74) is 6.57. The number of thioether (sulfide) groups is 1. The molecule has 0 unspecified atom stereocenters. The fourth-order valence-electron chi connectivity index (χ4n) is 9.95. The highest BCUT2D eigenvalue weighted by molar-refractivity contribution is 7.99. The molecule has 290 valence electrons. The van der Waals surface area contributed by atoms with Gasteiger partial charge in [0.2, 0.25) is 5.16 Å². The molecule has 2 heterocycles. The van der Waals surface area contributed by atoms with Crippen LogP contribution in [0.4, 0.5) is 4.79 Å². The summed E-state index contributed by atoms with van der Waals surface area (Å²) in [5.74, 6) is 3.04. The third-order valence-corrected chi connectivity index (χ3v) is 13.3. The molecule has 4 saturated carbocycles. The summed E-state index contributed by atoms with van der Waals surface area (Å²) < 4.78 is 15.2. The number of amides is 2. The van der Waals surface area contributed by atoms with Gasteiger partial charge in [-0.2, -0.15) is 4.68 Å². The van der Waals surface area contributed by atoms with E-state index in [4.69, 9.17) is 9.47 Å². The Bertz CT molecular complexity index is 2120. The van der Waals surface area contributed by atoms with E-state index < -0.39 is 6.29 Å². The minimum absolute atomic E-state index is 0.0216. The van der Waals surface area contributed by atoms with Crippen LogP contribution in [0.2, 0.25) is 0 Å². The number of nitrogens with one attached hydrogen (secondary N) is 2. The molecule has 4 aromatic carbocycles. The topological polar surface area (TPSA) is 144 Å². The van der Waals surface area contributed by atoms with Gasteiger partial charge >= 0.3 is 6.03 Å². The lowest BCUT2D eigenvalue weighted by molar-refractivity contribution is -0.268. The van der Waals surface area contributed by atoms with Gasteiger partial charge in [-0.05, 0) is 131 Å². The smallest absolute Gasteiger partial charge is 0.315 e. The van der Waals surface area contributed by atoms with E-state index in [1.807, 2.05) is 42.5 Å². The maximum Gasteiger partial charge on any atom is 0.315 e.